The molecule has 0 aliphatic heterocycles. The van der Waals surface area contributed by atoms with E-state index in [0.717, 1.165) is 9.87 Å². The van der Waals surface area contributed by atoms with Crippen LogP contribution in [0.4, 0.5) is 5.69 Å². The van der Waals surface area contributed by atoms with E-state index in [0.29, 0.717) is 23.8 Å². The molecule has 0 spiro atoms. The predicted octanol–water partition coefficient (Wildman–Crippen LogP) is 5.66. The summed E-state index contributed by atoms with van der Waals surface area (Å²) in [7, 11) is -4.25. The zero-order chi connectivity index (χ0) is 30.2. The molecule has 3 aromatic carbocycles. The summed E-state index contributed by atoms with van der Waals surface area (Å²) in [6.07, 6.45) is 0.333. The Labute approximate surface area is 248 Å². The van der Waals surface area contributed by atoms with Crippen LogP contribution >= 0.6 is 11.6 Å². The van der Waals surface area contributed by atoms with Crippen LogP contribution in [0.5, 0.6) is 5.75 Å². The van der Waals surface area contributed by atoms with Gasteiger partial charge in [0.05, 0.1) is 17.2 Å². The van der Waals surface area contributed by atoms with Crippen LogP contribution in [0.25, 0.3) is 0 Å². The lowest BCUT2D eigenvalue weighted by atomic mass is 10.1. The van der Waals surface area contributed by atoms with Crippen molar-refractivity contribution in [1.82, 2.24) is 10.2 Å². The van der Waals surface area contributed by atoms with Crippen LogP contribution in [-0.4, -0.2) is 49.9 Å². The molecular formula is C31H38ClN3O5S. The van der Waals surface area contributed by atoms with E-state index in [4.69, 9.17) is 16.3 Å². The van der Waals surface area contributed by atoms with Gasteiger partial charge >= 0.3 is 0 Å². The lowest BCUT2D eigenvalue weighted by Gasteiger charge is -2.35. The molecule has 1 atom stereocenters. The van der Waals surface area contributed by atoms with E-state index >= 15 is 0 Å². The first kappa shape index (κ1) is 32.0. The Hall–Kier alpha value is -3.56. The first-order valence-electron chi connectivity index (χ1n) is 13.5. The maximum absolute atomic E-state index is 14.2. The van der Waals surface area contributed by atoms with Crippen molar-refractivity contribution >= 4 is 39.1 Å². The molecule has 0 aliphatic rings. The number of hydrogen-bond donors (Lipinski definition) is 1. The molecule has 220 valence electrons. The molecule has 2 amide bonds. The van der Waals surface area contributed by atoms with Crippen LogP contribution in [0, 0.1) is 0 Å². The van der Waals surface area contributed by atoms with Gasteiger partial charge in [-0.05, 0) is 76.1 Å². The summed E-state index contributed by atoms with van der Waals surface area (Å²) in [5.41, 5.74) is 0.501. The van der Waals surface area contributed by atoms with Gasteiger partial charge in [-0.3, -0.25) is 13.9 Å². The molecular weight excluding hydrogens is 562 g/mol. The number of carbonyl (C=O) groups is 2. The van der Waals surface area contributed by atoms with Crippen molar-refractivity contribution in [2.45, 2.75) is 64.1 Å². The Morgan fingerprint density at radius 3 is 2.12 bits per heavy atom. The molecule has 0 heterocycles. The highest BCUT2D eigenvalue weighted by molar-refractivity contribution is 7.92. The highest BCUT2D eigenvalue weighted by Crippen LogP contribution is 2.33. The number of nitrogens with one attached hydrogen (secondary N) is 1. The Bertz CT molecular complexity index is 1420. The average Bonchev–Trinajstić information content (AvgIpc) is 2.92. The average molecular weight is 600 g/mol. The molecule has 10 heteroatoms. The Morgan fingerprint density at radius 2 is 1.54 bits per heavy atom. The summed E-state index contributed by atoms with van der Waals surface area (Å²) < 4.78 is 34.9. The van der Waals surface area contributed by atoms with Gasteiger partial charge in [0.2, 0.25) is 11.8 Å². The Balaban J connectivity index is 2.11. The number of nitrogens with zero attached hydrogens (tertiary/aromatic N) is 2. The van der Waals surface area contributed by atoms with Crippen LogP contribution in [0.1, 0.15) is 46.6 Å². The van der Waals surface area contributed by atoms with Gasteiger partial charge in [0.1, 0.15) is 18.3 Å². The third-order valence-corrected chi connectivity index (χ3v) is 8.22. The zero-order valence-electron chi connectivity index (χ0n) is 24.1. The van der Waals surface area contributed by atoms with Gasteiger partial charge in [0, 0.05) is 17.1 Å². The lowest BCUT2D eigenvalue weighted by molar-refractivity contribution is -0.141. The first-order valence-corrected chi connectivity index (χ1v) is 15.3. The standard InChI is InChI=1S/C31H38ClN3O5S/c1-6-26(30(37)33-31(3,4)5)34(21-23-13-9-8-10-14-23)29(36)22-35(27-15-11-12-16-28(27)40-7-2)41(38,39)25-19-17-24(32)18-20-25/h8-20,26H,6-7,21-22H2,1-5H3,(H,33,37)/t26-/m1/s1. The van der Waals surface area contributed by atoms with Crippen molar-refractivity contribution in [2.24, 2.45) is 0 Å². The van der Waals surface area contributed by atoms with Crippen molar-refractivity contribution in [3.8, 4) is 5.75 Å². The largest absolute Gasteiger partial charge is 0.492 e. The molecule has 0 radical (unpaired) electrons. The number of sulfonamides is 1. The molecule has 3 rings (SSSR count). The van der Waals surface area contributed by atoms with Crippen LogP contribution in [-0.2, 0) is 26.2 Å². The van der Waals surface area contributed by atoms with E-state index in [9.17, 15) is 18.0 Å². The molecule has 1 N–H and O–H groups in total. The number of rotatable bonds is 12. The monoisotopic (exact) mass is 599 g/mol. The third-order valence-electron chi connectivity index (χ3n) is 6.19. The molecule has 0 aromatic heterocycles. The number of hydrogen-bond acceptors (Lipinski definition) is 5. The smallest absolute Gasteiger partial charge is 0.264 e. The first-order chi connectivity index (χ1) is 19.4. The molecule has 0 saturated heterocycles. The lowest BCUT2D eigenvalue weighted by Crippen LogP contribution is -2.55. The molecule has 0 unspecified atom stereocenters. The Kier molecular flexibility index (Phi) is 10.8. The number of benzene rings is 3. The molecule has 8 nitrogen and oxygen atoms in total. The molecule has 0 bridgehead atoms. The second-order valence-electron chi connectivity index (χ2n) is 10.5. The van der Waals surface area contributed by atoms with Crippen LogP contribution in [0.2, 0.25) is 5.02 Å². The topological polar surface area (TPSA) is 96.0 Å². The predicted molar refractivity (Wildman–Crippen MR) is 163 cm³/mol. The molecule has 0 fully saturated rings. The van der Waals surface area contributed by atoms with E-state index in [2.05, 4.69) is 5.32 Å². The van der Waals surface area contributed by atoms with E-state index in [1.54, 1.807) is 31.2 Å². The summed E-state index contributed by atoms with van der Waals surface area (Å²) in [4.78, 5) is 29.0. The quantitative estimate of drug-likeness (QED) is 0.290. The number of halogens is 1. The van der Waals surface area contributed by atoms with Gasteiger partial charge in [0.15, 0.2) is 0 Å². The number of carbonyl (C=O) groups excluding carboxylic acids is 2. The number of para-hydroxylation sites is 2. The van der Waals surface area contributed by atoms with Gasteiger partial charge in [-0.2, -0.15) is 0 Å². The minimum absolute atomic E-state index is 0.0341. The van der Waals surface area contributed by atoms with Gasteiger partial charge in [0.25, 0.3) is 10.0 Å². The number of anilines is 1. The second kappa shape index (κ2) is 13.9. The fourth-order valence-corrected chi connectivity index (χ4v) is 5.89. The molecule has 3 aromatic rings. The summed E-state index contributed by atoms with van der Waals surface area (Å²) in [6, 6.07) is 20.9. The SMILES string of the molecule is CCOc1ccccc1N(CC(=O)N(Cc1ccccc1)[C@H](CC)C(=O)NC(C)(C)C)S(=O)(=O)c1ccc(Cl)cc1. The van der Waals surface area contributed by atoms with E-state index in [-0.39, 0.29) is 23.0 Å². The number of amides is 2. The van der Waals surface area contributed by atoms with Crippen molar-refractivity contribution in [1.29, 1.82) is 0 Å². The summed E-state index contributed by atoms with van der Waals surface area (Å²) >= 11 is 6.03. The number of ether oxygens (including phenoxy) is 1. The van der Waals surface area contributed by atoms with E-state index in [1.807, 2.05) is 58.0 Å². The van der Waals surface area contributed by atoms with Gasteiger partial charge in [-0.25, -0.2) is 8.42 Å². The van der Waals surface area contributed by atoms with E-state index in [1.165, 1.54) is 29.2 Å². The van der Waals surface area contributed by atoms with Crippen LogP contribution < -0.4 is 14.4 Å². The van der Waals surface area contributed by atoms with Crippen LogP contribution in [0.15, 0.2) is 83.8 Å². The maximum Gasteiger partial charge on any atom is 0.264 e. The summed E-state index contributed by atoms with van der Waals surface area (Å²) in [5.74, 6) is -0.535. The normalized spacial score (nSPS) is 12.3. The Morgan fingerprint density at radius 1 is 0.927 bits per heavy atom. The second-order valence-corrected chi connectivity index (χ2v) is 12.8. The van der Waals surface area contributed by atoms with Crippen molar-refractivity contribution in [2.75, 3.05) is 17.5 Å². The summed E-state index contributed by atoms with van der Waals surface area (Å²) in [5, 5.41) is 3.35. The zero-order valence-corrected chi connectivity index (χ0v) is 25.7. The highest BCUT2D eigenvalue weighted by atomic mass is 35.5. The van der Waals surface area contributed by atoms with E-state index < -0.39 is 34.1 Å². The van der Waals surface area contributed by atoms with Crippen LogP contribution in [0.3, 0.4) is 0 Å². The minimum atomic E-state index is -4.25. The van der Waals surface area contributed by atoms with Crippen molar-refractivity contribution < 1.29 is 22.7 Å². The third kappa shape index (κ3) is 8.47. The van der Waals surface area contributed by atoms with Gasteiger partial charge < -0.3 is 15.0 Å². The molecule has 0 saturated carbocycles. The fraction of sp³-hybridized carbons (Fsp3) is 0.355. The van der Waals surface area contributed by atoms with Crippen molar-refractivity contribution in [3.63, 3.8) is 0 Å². The fourth-order valence-electron chi connectivity index (χ4n) is 4.34. The van der Waals surface area contributed by atoms with Crippen molar-refractivity contribution in [3.05, 3.63) is 89.4 Å². The highest BCUT2D eigenvalue weighted by Gasteiger charge is 2.35. The van der Waals surface area contributed by atoms with Gasteiger partial charge in [-0.1, -0.05) is 61.0 Å². The van der Waals surface area contributed by atoms with Gasteiger partial charge in [-0.15, -0.1) is 0 Å². The maximum atomic E-state index is 14.2. The molecule has 0 aliphatic carbocycles. The summed E-state index contributed by atoms with van der Waals surface area (Å²) in [6.45, 7) is 9.08. The minimum Gasteiger partial charge on any atom is -0.492 e. The molecule has 41 heavy (non-hydrogen) atoms.